The van der Waals surface area contributed by atoms with E-state index in [2.05, 4.69) is 48.1 Å². The number of aliphatic imine (C=N–C) groups is 2. The second-order valence-electron chi connectivity index (χ2n) is 5.27. The van der Waals surface area contributed by atoms with Crippen LogP contribution in [0.3, 0.4) is 0 Å². The predicted octanol–water partition coefficient (Wildman–Crippen LogP) is 4.14. The van der Waals surface area contributed by atoms with E-state index < -0.39 is 0 Å². The van der Waals surface area contributed by atoms with Gasteiger partial charge in [-0.2, -0.15) is 0 Å². The normalized spacial score (nSPS) is 16.6. The van der Waals surface area contributed by atoms with Crippen LogP contribution in [0.15, 0.2) is 34.3 Å². The Hall–Kier alpha value is -1.96. The summed E-state index contributed by atoms with van der Waals surface area (Å²) in [6.07, 6.45) is 1.98. The Labute approximate surface area is 106 Å². The maximum absolute atomic E-state index is 4.60. The molecule has 0 N–H and O–H groups in total. The molecule has 0 spiro atoms. The molecule has 2 aromatic carbocycles. The molecule has 2 aromatic rings. The minimum atomic E-state index is 0.991. The number of hydrogen-bond acceptors (Lipinski definition) is 2. The molecule has 88 valence electrons. The van der Waals surface area contributed by atoms with Gasteiger partial charge in [-0.25, -0.2) is 0 Å². The summed E-state index contributed by atoms with van der Waals surface area (Å²) in [5.41, 5.74) is 7.50. The van der Waals surface area contributed by atoms with Crippen molar-refractivity contribution in [3.63, 3.8) is 0 Å². The van der Waals surface area contributed by atoms with Gasteiger partial charge in [0.05, 0.1) is 11.4 Å². The third-order valence-electron chi connectivity index (χ3n) is 3.86. The quantitative estimate of drug-likeness (QED) is 0.654. The number of benzene rings is 2. The SMILES string of the molecule is CC1=Nc2ccc3c4c(ccc3c2C1)N=C(C)C4. The Morgan fingerprint density at radius 1 is 0.722 bits per heavy atom. The Bertz CT molecular complexity index is 686. The molecule has 0 unspecified atom stereocenters. The Morgan fingerprint density at radius 2 is 1.17 bits per heavy atom. The summed E-state index contributed by atoms with van der Waals surface area (Å²) < 4.78 is 0. The second-order valence-corrected chi connectivity index (χ2v) is 5.27. The fourth-order valence-corrected chi connectivity index (χ4v) is 3.09. The minimum Gasteiger partial charge on any atom is -0.257 e. The molecule has 2 nitrogen and oxygen atoms in total. The van der Waals surface area contributed by atoms with Gasteiger partial charge in [0.2, 0.25) is 0 Å². The highest BCUT2D eigenvalue weighted by Gasteiger charge is 2.19. The lowest BCUT2D eigenvalue weighted by Gasteiger charge is -2.08. The summed E-state index contributed by atoms with van der Waals surface area (Å²) in [5, 5.41) is 2.72. The molecule has 0 bridgehead atoms. The molecule has 4 rings (SSSR count). The lowest BCUT2D eigenvalue weighted by Crippen LogP contribution is -1.93. The molecule has 0 radical (unpaired) electrons. The standard InChI is InChI=1S/C16H14N2/c1-9-7-13-11-4-6-16-14(8-10(2)18-16)12(11)3-5-15(13)17-9/h3-6H,7-8H2,1-2H3. The van der Waals surface area contributed by atoms with Crippen LogP contribution in [-0.2, 0) is 12.8 Å². The summed E-state index contributed by atoms with van der Waals surface area (Å²) in [6.45, 7) is 4.21. The predicted molar refractivity (Wildman–Crippen MR) is 76.9 cm³/mol. The molecule has 0 saturated heterocycles. The van der Waals surface area contributed by atoms with Gasteiger partial charge in [0.25, 0.3) is 0 Å². The highest BCUT2D eigenvalue weighted by atomic mass is 14.8. The molecular formula is C16H14N2. The summed E-state index contributed by atoms with van der Waals surface area (Å²) in [5.74, 6) is 0. The van der Waals surface area contributed by atoms with Gasteiger partial charge in [0, 0.05) is 24.3 Å². The summed E-state index contributed by atoms with van der Waals surface area (Å²) in [6, 6.07) is 8.73. The molecule has 2 aliphatic heterocycles. The Morgan fingerprint density at radius 3 is 1.61 bits per heavy atom. The zero-order valence-electron chi connectivity index (χ0n) is 10.6. The molecule has 2 aliphatic rings. The van der Waals surface area contributed by atoms with Crippen LogP contribution in [0, 0.1) is 0 Å². The van der Waals surface area contributed by atoms with E-state index in [0.717, 1.165) is 24.2 Å². The van der Waals surface area contributed by atoms with E-state index in [9.17, 15) is 0 Å². The van der Waals surface area contributed by atoms with Crippen LogP contribution in [0.2, 0.25) is 0 Å². The third kappa shape index (κ3) is 1.23. The van der Waals surface area contributed by atoms with Crippen LogP contribution in [0.25, 0.3) is 10.8 Å². The molecular weight excluding hydrogens is 220 g/mol. The fourth-order valence-electron chi connectivity index (χ4n) is 3.09. The highest BCUT2D eigenvalue weighted by molar-refractivity contribution is 6.05. The molecule has 0 aromatic heterocycles. The van der Waals surface area contributed by atoms with Crippen molar-refractivity contribution in [2.75, 3.05) is 0 Å². The van der Waals surface area contributed by atoms with Gasteiger partial charge in [0.15, 0.2) is 0 Å². The van der Waals surface area contributed by atoms with Crippen molar-refractivity contribution in [2.45, 2.75) is 26.7 Å². The number of nitrogens with zero attached hydrogens (tertiary/aromatic N) is 2. The molecule has 2 heterocycles. The van der Waals surface area contributed by atoms with E-state index in [4.69, 9.17) is 0 Å². The van der Waals surface area contributed by atoms with Crippen LogP contribution >= 0.6 is 0 Å². The first-order valence-electron chi connectivity index (χ1n) is 6.38. The lowest BCUT2D eigenvalue weighted by molar-refractivity contribution is 1.39. The number of fused-ring (bicyclic) bond motifs is 5. The Kier molecular flexibility index (Phi) is 1.83. The number of rotatable bonds is 0. The van der Waals surface area contributed by atoms with Gasteiger partial charge >= 0.3 is 0 Å². The highest BCUT2D eigenvalue weighted by Crippen LogP contribution is 2.39. The average Bonchev–Trinajstić information content (AvgIpc) is 2.89. The molecule has 0 aliphatic carbocycles. The topological polar surface area (TPSA) is 24.7 Å². The first kappa shape index (κ1) is 10.0. The second kappa shape index (κ2) is 3.29. The molecule has 0 fully saturated rings. The Balaban J connectivity index is 2.03. The largest absolute Gasteiger partial charge is 0.257 e. The third-order valence-corrected chi connectivity index (χ3v) is 3.86. The van der Waals surface area contributed by atoms with Gasteiger partial charge in [-0.15, -0.1) is 0 Å². The van der Waals surface area contributed by atoms with E-state index in [1.54, 1.807) is 0 Å². The lowest BCUT2D eigenvalue weighted by atomic mass is 9.95. The van der Waals surface area contributed by atoms with E-state index in [0.29, 0.717) is 0 Å². The molecule has 2 heteroatoms. The average molecular weight is 234 g/mol. The van der Waals surface area contributed by atoms with Crippen molar-refractivity contribution in [3.05, 3.63) is 35.4 Å². The van der Waals surface area contributed by atoms with Crippen molar-refractivity contribution in [2.24, 2.45) is 9.98 Å². The molecule has 0 saturated carbocycles. The molecule has 0 amide bonds. The summed E-state index contributed by atoms with van der Waals surface area (Å²) >= 11 is 0. The first-order valence-corrected chi connectivity index (χ1v) is 6.38. The van der Waals surface area contributed by atoms with E-state index >= 15 is 0 Å². The smallest absolute Gasteiger partial charge is 0.0671 e. The molecule has 18 heavy (non-hydrogen) atoms. The van der Waals surface area contributed by atoms with Crippen molar-refractivity contribution >= 4 is 33.6 Å². The van der Waals surface area contributed by atoms with Gasteiger partial charge < -0.3 is 0 Å². The zero-order valence-corrected chi connectivity index (χ0v) is 10.6. The van der Waals surface area contributed by atoms with Crippen molar-refractivity contribution in [3.8, 4) is 0 Å². The van der Waals surface area contributed by atoms with Gasteiger partial charge in [-0.1, -0.05) is 12.1 Å². The minimum absolute atomic E-state index is 0.991. The number of hydrogen-bond donors (Lipinski definition) is 0. The monoisotopic (exact) mass is 234 g/mol. The van der Waals surface area contributed by atoms with Crippen LogP contribution < -0.4 is 0 Å². The fraction of sp³-hybridized carbons (Fsp3) is 0.250. The van der Waals surface area contributed by atoms with Gasteiger partial charge in [-0.3, -0.25) is 9.98 Å². The van der Waals surface area contributed by atoms with Crippen molar-refractivity contribution in [1.82, 2.24) is 0 Å². The maximum atomic E-state index is 4.60. The van der Waals surface area contributed by atoms with E-state index in [-0.39, 0.29) is 0 Å². The van der Waals surface area contributed by atoms with E-state index in [1.807, 2.05) is 0 Å². The van der Waals surface area contributed by atoms with Crippen LogP contribution in [-0.4, -0.2) is 11.4 Å². The van der Waals surface area contributed by atoms with Crippen molar-refractivity contribution in [1.29, 1.82) is 0 Å². The zero-order chi connectivity index (χ0) is 12.3. The van der Waals surface area contributed by atoms with Crippen LogP contribution in [0.1, 0.15) is 25.0 Å². The summed E-state index contributed by atoms with van der Waals surface area (Å²) in [7, 11) is 0. The van der Waals surface area contributed by atoms with Gasteiger partial charge in [-0.05, 0) is 47.9 Å². The summed E-state index contributed by atoms with van der Waals surface area (Å²) in [4.78, 5) is 9.20. The molecule has 0 atom stereocenters. The van der Waals surface area contributed by atoms with Crippen molar-refractivity contribution < 1.29 is 0 Å². The first-order chi connectivity index (χ1) is 8.72. The van der Waals surface area contributed by atoms with Crippen LogP contribution in [0.5, 0.6) is 0 Å². The van der Waals surface area contributed by atoms with E-state index in [1.165, 1.54) is 33.3 Å². The van der Waals surface area contributed by atoms with Crippen LogP contribution in [0.4, 0.5) is 11.4 Å². The van der Waals surface area contributed by atoms with Gasteiger partial charge in [0.1, 0.15) is 0 Å². The maximum Gasteiger partial charge on any atom is 0.0671 e.